The molecular weight excluding hydrogens is 392 g/mol. The summed E-state index contributed by atoms with van der Waals surface area (Å²) >= 11 is 4.92. The predicted octanol–water partition coefficient (Wildman–Crippen LogP) is 6.07. The molecule has 0 saturated carbocycles. The van der Waals surface area contributed by atoms with Gasteiger partial charge in [0.2, 0.25) is 5.16 Å². The molecule has 0 saturated heterocycles. The van der Waals surface area contributed by atoms with Gasteiger partial charge in [0.1, 0.15) is 0 Å². The van der Waals surface area contributed by atoms with Crippen molar-refractivity contribution in [1.29, 1.82) is 0 Å². The number of thiophene rings is 1. The molecule has 3 heterocycles. The van der Waals surface area contributed by atoms with Crippen LogP contribution in [0.5, 0.6) is 0 Å². The Morgan fingerprint density at radius 1 is 0.963 bits per heavy atom. The first-order valence-corrected chi connectivity index (χ1v) is 10.9. The van der Waals surface area contributed by atoms with E-state index in [1.54, 1.807) is 34.4 Å². The SMILES string of the molecule is Cc1csc(Sc2nnc(-c3cc4ccccc4s3)n2-c2ccccc2)n1. The van der Waals surface area contributed by atoms with Gasteiger partial charge in [0, 0.05) is 21.5 Å². The molecule has 0 amide bonds. The Morgan fingerprint density at radius 3 is 2.56 bits per heavy atom. The molecule has 5 rings (SSSR count). The minimum atomic E-state index is 0.822. The second-order valence-corrected chi connectivity index (χ2v) is 9.14. The van der Waals surface area contributed by atoms with Gasteiger partial charge in [-0.05, 0) is 48.3 Å². The average Bonchev–Trinajstić information content (AvgIpc) is 3.40. The summed E-state index contributed by atoms with van der Waals surface area (Å²) in [6.45, 7) is 2.01. The van der Waals surface area contributed by atoms with Crippen molar-refractivity contribution >= 4 is 44.5 Å². The third kappa shape index (κ3) is 3.18. The molecule has 0 aliphatic rings. The fourth-order valence-electron chi connectivity index (χ4n) is 2.85. The molecule has 0 atom stereocenters. The number of hydrogen-bond acceptors (Lipinski definition) is 6. The van der Waals surface area contributed by atoms with Crippen LogP contribution >= 0.6 is 34.4 Å². The van der Waals surface area contributed by atoms with E-state index < -0.39 is 0 Å². The fourth-order valence-corrected chi connectivity index (χ4v) is 5.68. The Hall–Kier alpha value is -2.48. The molecule has 2 aromatic carbocycles. The summed E-state index contributed by atoms with van der Waals surface area (Å²) in [5, 5.41) is 13.1. The van der Waals surface area contributed by atoms with Crippen molar-refractivity contribution in [3.8, 4) is 16.4 Å². The van der Waals surface area contributed by atoms with E-state index in [1.165, 1.54) is 10.1 Å². The zero-order chi connectivity index (χ0) is 18.2. The summed E-state index contributed by atoms with van der Waals surface area (Å²) in [4.78, 5) is 5.67. The molecule has 0 N–H and O–H groups in total. The number of thiazole rings is 1. The molecule has 27 heavy (non-hydrogen) atoms. The number of aryl methyl sites for hydroxylation is 1. The molecule has 4 nitrogen and oxygen atoms in total. The van der Waals surface area contributed by atoms with Crippen LogP contribution in [0.4, 0.5) is 0 Å². The summed E-state index contributed by atoms with van der Waals surface area (Å²) in [5.41, 5.74) is 2.07. The Balaban J connectivity index is 1.66. The third-order valence-corrected chi connectivity index (χ3v) is 7.19. The van der Waals surface area contributed by atoms with Crippen molar-refractivity contribution in [3.63, 3.8) is 0 Å². The van der Waals surface area contributed by atoms with Gasteiger partial charge in [-0.1, -0.05) is 36.4 Å². The largest absolute Gasteiger partial charge is 0.269 e. The van der Waals surface area contributed by atoms with Gasteiger partial charge in [-0.2, -0.15) is 0 Å². The molecule has 3 aromatic heterocycles. The van der Waals surface area contributed by atoms with E-state index in [1.807, 2.05) is 25.1 Å². The van der Waals surface area contributed by atoms with Gasteiger partial charge in [-0.15, -0.1) is 32.9 Å². The van der Waals surface area contributed by atoms with Crippen LogP contribution in [0.25, 0.3) is 26.5 Å². The number of fused-ring (bicyclic) bond motifs is 1. The first kappa shape index (κ1) is 16.7. The zero-order valence-electron chi connectivity index (χ0n) is 14.4. The highest BCUT2D eigenvalue weighted by Crippen LogP contribution is 2.37. The van der Waals surface area contributed by atoms with Crippen LogP contribution in [0.15, 0.2) is 75.5 Å². The van der Waals surface area contributed by atoms with E-state index in [0.29, 0.717) is 0 Å². The van der Waals surface area contributed by atoms with Gasteiger partial charge in [0.05, 0.1) is 4.88 Å². The molecule has 0 fully saturated rings. The summed E-state index contributed by atoms with van der Waals surface area (Å²) in [6, 6.07) is 20.8. The monoisotopic (exact) mass is 406 g/mol. The highest BCUT2D eigenvalue weighted by Gasteiger charge is 2.19. The number of para-hydroxylation sites is 1. The molecule has 0 spiro atoms. The maximum absolute atomic E-state index is 4.56. The van der Waals surface area contributed by atoms with E-state index in [-0.39, 0.29) is 0 Å². The van der Waals surface area contributed by atoms with Crippen molar-refractivity contribution in [2.75, 3.05) is 0 Å². The van der Waals surface area contributed by atoms with Crippen molar-refractivity contribution in [3.05, 3.63) is 71.7 Å². The molecule has 132 valence electrons. The highest BCUT2D eigenvalue weighted by atomic mass is 32.2. The van der Waals surface area contributed by atoms with Crippen molar-refractivity contribution in [2.24, 2.45) is 0 Å². The van der Waals surface area contributed by atoms with Crippen LogP contribution < -0.4 is 0 Å². The van der Waals surface area contributed by atoms with Crippen LogP contribution in [0.1, 0.15) is 5.69 Å². The lowest BCUT2D eigenvalue weighted by atomic mass is 10.2. The fraction of sp³-hybridized carbons (Fsp3) is 0.0500. The number of nitrogens with zero attached hydrogens (tertiary/aromatic N) is 4. The zero-order valence-corrected chi connectivity index (χ0v) is 16.8. The predicted molar refractivity (Wildman–Crippen MR) is 113 cm³/mol. The van der Waals surface area contributed by atoms with Gasteiger partial charge in [-0.25, -0.2) is 4.98 Å². The number of rotatable bonds is 4. The third-order valence-electron chi connectivity index (χ3n) is 4.07. The molecule has 7 heteroatoms. The number of aromatic nitrogens is 4. The Bertz CT molecular complexity index is 1190. The summed E-state index contributed by atoms with van der Waals surface area (Å²) in [6.07, 6.45) is 0. The highest BCUT2D eigenvalue weighted by molar-refractivity contribution is 8.00. The topological polar surface area (TPSA) is 43.6 Å². The van der Waals surface area contributed by atoms with Crippen LogP contribution in [0, 0.1) is 6.92 Å². The lowest BCUT2D eigenvalue weighted by molar-refractivity contribution is 0.885. The maximum Gasteiger partial charge on any atom is 0.203 e. The lowest BCUT2D eigenvalue weighted by Crippen LogP contribution is -1.98. The maximum atomic E-state index is 4.56. The Kier molecular flexibility index (Phi) is 4.27. The van der Waals surface area contributed by atoms with Crippen molar-refractivity contribution in [2.45, 2.75) is 16.4 Å². The van der Waals surface area contributed by atoms with Gasteiger partial charge >= 0.3 is 0 Å². The first-order valence-electron chi connectivity index (χ1n) is 8.38. The number of benzene rings is 2. The van der Waals surface area contributed by atoms with Crippen molar-refractivity contribution < 1.29 is 0 Å². The molecule has 5 aromatic rings. The van der Waals surface area contributed by atoms with E-state index in [4.69, 9.17) is 0 Å². The number of hydrogen-bond donors (Lipinski definition) is 0. The van der Waals surface area contributed by atoms with E-state index in [2.05, 4.69) is 67.6 Å². The molecule has 0 radical (unpaired) electrons. The van der Waals surface area contributed by atoms with Crippen LogP contribution in [0.3, 0.4) is 0 Å². The average molecular weight is 407 g/mol. The normalized spacial score (nSPS) is 11.3. The quantitative estimate of drug-likeness (QED) is 0.364. The summed E-state index contributed by atoms with van der Waals surface area (Å²) in [7, 11) is 0. The van der Waals surface area contributed by atoms with Gasteiger partial charge in [0.25, 0.3) is 0 Å². The first-order chi connectivity index (χ1) is 13.3. The van der Waals surface area contributed by atoms with Gasteiger partial charge in [0.15, 0.2) is 10.2 Å². The van der Waals surface area contributed by atoms with Crippen LogP contribution in [-0.4, -0.2) is 19.7 Å². The van der Waals surface area contributed by atoms with E-state index in [0.717, 1.165) is 31.6 Å². The smallest absolute Gasteiger partial charge is 0.203 e. The van der Waals surface area contributed by atoms with Crippen LogP contribution in [0.2, 0.25) is 0 Å². The second kappa shape index (κ2) is 6.92. The summed E-state index contributed by atoms with van der Waals surface area (Å²) in [5.74, 6) is 0.859. The standard InChI is InChI=1S/C20H14N4S3/c1-13-12-25-20(21-13)27-19-23-22-18(24(19)15-8-3-2-4-9-15)17-11-14-7-5-6-10-16(14)26-17/h2-12H,1H3. The summed E-state index contributed by atoms with van der Waals surface area (Å²) < 4.78 is 4.34. The molecular formula is C20H14N4S3. The Labute approximate surface area is 168 Å². The Morgan fingerprint density at radius 2 is 1.78 bits per heavy atom. The minimum absolute atomic E-state index is 0.822. The molecule has 0 unspecified atom stereocenters. The van der Waals surface area contributed by atoms with E-state index in [9.17, 15) is 0 Å². The second-order valence-electron chi connectivity index (χ2n) is 5.98. The lowest BCUT2D eigenvalue weighted by Gasteiger charge is -2.08. The van der Waals surface area contributed by atoms with Crippen molar-refractivity contribution in [1.82, 2.24) is 19.7 Å². The molecule has 0 bridgehead atoms. The van der Waals surface area contributed by atoms with Gasteiger partial charge in [-0.3, -0.25) is 4.57 Å². The van der Waals surface area contributed by atoms with E-state index >= 15 is 0 Å². The van der Waals surface area contributed by atoms with Crippen LogP contribution in [-0.2, 0) is 0 Å². The van der Waals surface area contributed by atoms with Gasteiger partial charge < -0.3 is 0 Å². The molecule has 0 aliphatic carbocycles. The molecule has 0 aliphatic heterocycles. The minimum Gasteiger partial charge on any atom is -0.269 e.